The molecule has 0 unspecified atom stereocenters. The normalized spacial score (nSPS) is 23.2. The second-order valence-corrected chi connectivity index (χ2v) is 5.04. The number of rotatable bonds is 3. The van der Waals surface area contributed by atoms with Gasteiger partial charge in [-0.25, -0.2) is 4.39 Å². The van der Waals surface area contributed by atoms with E-state index < -0.39 is 11.8 Å². The second kappa shape index (κ2) is 5.37. The van der Waals surface area contributed by atoms with Gasteiger partial charge in [-0.1, -0.05) is 13.0 Å². The van der Waals surface area contributed by atoms with Gasteiger partial charge in [-0.15, -0.1) is 0 Å². The maximum absolute atomic E-state index is 13.2. The van der Waals surface area contributed by atoms with Crippen molar-refractivity contribution in [1.29, 1.82) is 5.26 Å². The van der Waals surface area contributed by atoms with Crippen molar-refractivity contribution in [2.24, 2.45) is 11.8 Å². The van der Waals surface area contributed by atoms with Gasteiger partial charge < -0.3 is 5.11 Å². The predicted octanol–water partition coefficient (Wildman–Crippen LogP) is 1.85. The lowest BCUT2D eigenvalue weighted by Gasteiger charge is -2.15. The molecule has 19 heavy (non-hydrogen) atoms. The molecule has 4 nitrogen and oxygen atoms in total. The Balaban J connectivity index is 2.07. The molecule has 1 aliphatic rings. The van der Waals surface area contributed by atoms with Crippen LogP contribution in [0.25, 0.3) is 0 Å². The molecule has 1 aromatic rings. The maximum atomic E-state index is 13.2. The Bertz CT molecular complexity index is 539. The summed E-state index contributed by atoms with van der Waals surface area (Å²) in [5, 5.41) is 17.8. The fraction of sp³-hybridized carbons (Fsp3) is 0.429. The summed E-state index contributed by atoms with van der Waals surface area (Å²) in [6.07, 6.45) is 0. The van der Waals surface area contributed by atoms with Crippen molar-refractivity contribution in [1.82, 2.24) is 4.90 Å². The summed E-state index contributed by atoms with van der Waals surface area (Å²) >= 11 is 0. The van der Waals surface area contributed by atoms with Gasteiger partial charge in [0.1, 0.15) is 11.9 Å². The molecule has 1 N–H and O–H groups in total. The first-order valence-corrected chi connectivity index (χ1v) is 6.15. The van der Waals surface area contributed by atoms with Gasteiger partial charge in [-0.2, -0.15) is 5.26 Å². The van der Waals surface area contributed by atoms with Crippen molar-refractivity contribution < 1.29 is 14.3 Å². The van der Waals surface area contributed by atoms with Crippen molar-refractivity contribution in [3.05, 3.63) is 35.1 Å². The van der Waals surface area contributed by atoms with Crippen LogP contribution in [0.15, 0.2) is 18.2 Å². The number of aliphatic carboxylic acids is 1. The largest absolute Gasteiger partial charge is 0.481 e. The van der Waals surface area contributed by atoms with Crippen molar-refractivity contribution in [2.45, 2.75) is 13.5 Å². The van der Waals surface area contributed by atoms with Gasteiger partial charge in [-0.3, -0.25) is 9.69 Å². The minimum atomic E-state index is -0.771. The summed E-state index contributed by atoms with van der Waals surface area (Å²) in [7, 11) is 0. The van der Waals surface area contributed by atoms with E-state index in [0.717, 1.165) is 5.56 Å². The first-order valence-electron chi connectivity index (χ1n) is 6.15. The lowest BCUT2D eigenvalue weighted by Crippen LogP contribution is -2.23. The fourth-order valence-corrected chi connectivity index (χ4v) is 2.53. The average molecular weight is 262 g/mol. The third-order valence-corrected chi connectivity index (χ3v) is 3.56. The number of nitrogens with zero attached hydrogens (tertiary/aromatic N) is 2. The standard InChI is InChI=1S/C14H15FN2O2/c1-9-6-17(8-12(9)14(18)19)7-10-2-3-13(15)11(4-10)5-16/h2-4,9,12H,6-8H2,1H3,(H,18,19)/t9-,12-/m1/s1. The molecule has 0 radical (unpaired) electrons. The Morgan fingerprint density at radius 2 is 2.32 bits per heavy atom. The van der Waals surface area contributed by atoms with E-state index in [2.05, 4.69) is 0 Å². The number of nitriles is 1. The van der Waals surface area contributed by atoms with E-state index in [1.54, 1.807) is 6.07 Å². The lowest BCUT2D eigenvalue weighted by molar-refractivity contribution is -0.142. The van der Waals surface area contributed by atoms with Gasteiger partial charge in [0.2, 0.25) is 0 Å². The SMILES string of the molecule is C[C@@H]1CN(Cc2ccc(F)c(C#N)c2)C[C@H]1C(=O)O. The fourth-order valence-electron chi connectivity index (χ4n) is 2.53. The quantitative estimate of drug-likeness (QED) is 0.903. The highest BCUT2D eigenvalue weighted by atomic mass is 19.1. The summed E-state index contributed by atoms with van der Waals surface area (Å²) in [5.74, 6) is -1.54. The Labute approximate surface area is 111 Å². The van der Waals surface area contributed by atoms with Crippen LogP contribution in [0.4, 0.5) is 4.39 Å². The summed E-state index contributed by atoms with van der Waals surface area (Å²) in [6, 6.07) is 6.24. The number of hydrogen-bond donors (Lipinski definition) is 1. The Hall–Kier alpha value is -1.93. The van der Waals surface area contributed by atoms with E-state index in [-0.39, 0.29) is 17.4 Å². The molecular formula is C14H15FN2O2. The molecule has 1 fully saturated rings. The highest BCUT2D eigenvalue weighted by molar-refractivity contribution is 5.71. The van der Waals surface area contributed by atoms with Crippen LogP contribution >= 0.6 is 0 Å². The van der Waals surface area contributed by atoms with Gasteiger partial charge >= 0.3 is 5.97 Å². The summed E-state index contributed by atoms with van der Waals surface area (Å²) in [6.45, 7) is 3.67. The van der Waals surface area contributed by atoms with E-state index in [0.29, 0.717) is 19.6 Å². The first-order chi connectivity index (χ1) is 9.01. The number of likely N-dealkylation sites (tertiary alicyclic amines) is 1. The smallest absolute Gasteiger partial charge is 0.308 e. The number of carboxylic acid groups (broad SMARTS) is 1. The molecule has 0 saturated carbocycles. The number of carbonyl (C=O) groups is 1. The van der Waals surface area contributed by atoms with Gasteiger partial charge in [0.25, 0.3) is 0 Å². The zero-order valence-corrected chi connectivity index (χ0v) is 10.6. The number of benzene rings is 1. The molecule has 0 aliphatic carbocycles. The van der Waals surface area contributed by atoms with Gasteiger partial charge in [0.15, 0.2) is 0 Å². The molecule has 1 saturated heterocycles. The monoisotopic (exact) mass is 262 g/mol. The predicted molar refractivity (Wildman–Crippen MR) is 66.7 cm³/mol. The van der Waals surface area contributed by atoms with Gasteiger partial charge in [0.05, 0.1) is 11.5 Å². The van der Waals surface area contributed by atoms with E-state index in [9.17, 15) is 9.18 Å². The van der Waals surface area contributed by atoms with E-state index in [1.807, 2.05) is 17.9 Å². The molecule has 5 heteroatoms. The number of halogens is 1. The number of carboxylic acids is 1. The van der Waals surface area contributed by atoms with Gasteiger partial charge in [0, 0.05) is 19.6 Å². The molecule has 2 atom stereocenters. The van der Waals surface area contributed by atoms with Crippen LogP contribution in [-0.4, -0.2) is 29.1 Å². The van der Waals surface area contributed by atoms with E-state index >= 15 is 0 Å². The van der Waals surface area contributed by atoms with Crippen molar-refractivity contribution in [3.8, 4) is 6.07 Å². The zero-order valence-electron chi connectivity index (χ0n) is 10.6. The molecule has 2 rings (SSSR count). The molecule has 1 aliphatic heterocycles. The second-order valence-electron chi connectivity index (χ2n) is 5.04. The van der Waals surface area contributed by atoms with Crippen molar-refractivity contribution in [3.63, 3.8) is 0 Å². The molecule has 0 spiro atoms. The van der Waals surface area contributed by atoms with Crippen LogP contribution in [0, 0.1) is 29.0 Å². The molecule has 0 bridgehead atoms. The van der Waals surface area contributed by atoms with Crippen LogP contribution in [0.1, 0.15) is 18.1 Å². The average Bonchev–Trinajstić information content (AvgIpc) is 2.73. The number of hydrogen-bond acceptors (Lipinski definition) is 3. The molecular weight excluding hydrogens is 247 g/mol. The third-order valence-electron chi connectivity index (χ3n) is 3.56. The lowest BCUT2D eigenvalue weighted by atomic mass is 9.99. The molecule has 1 heterocycles. The van der Waals surface area contributed by atoms with Crippen LogP contribution < -0.4 is 0 Å². The summed E-state index contributed by atoms with van der Waals surface area (Å²) < 4.78 is 13.2. The highest BCUT2D eigenvalue weighted by Crippen LogP contribution is 2.25. The summed E-state index contributed by atoms with van der Waals surface area (Å²) in [5.41, 5.74) is 0.857. The molecule has 0 aromatic heterocycles. The van der Waals surface area contributed by atoms with Crippen molar-refractivity contribution >= 4 is 5.97 Å². The van der Waals surface area contributed by atoms with Crippen molar-refractivity contribution in [2.75, 3.05) is 13.1 Å². The third kappa shape index (κ3) is 2.91. The van der Waals surface area contributed by atoms with Crippen LogP contribution in [0.3, 0.4) is 0 Å². The first kappa shape index (κ1) is 13.5. The molecule has 0 amide bonds. The van der Waals surface area contributed by atoms with E-state index in [1.165, 1.54) is 12.1 Å². The Morgan fingerprint density at radius 1 is 1.58 bits per heavy atom. The maximum Gasteiger partial charge on any atom is 0.308 e. The zero-order chi connectivity index (χ0) is 14.0. The summed E-state index contributed by atoms with van der Waals surface area (Å²) in [4.78, 5) is 13.1. The topological polar surface area (TPSA) is 64.3 Å². The molecule has 100 valence electrons. The van der Waals surface area contributed by atoms with Gasteiger partial charge in [-0.05, 0) is 23.6 Å². The van der Waals surface area contributed by atoms with Crippen LogP contribution in [-0.2, 0) is 11.3 Å². The Kier molecular flexibility index (Phi) is 3.82. The minimum absolute atomic E-state index is 0.0273. The van der Waals surface area contributed by atoms with Crippen LogP contribution in [0.2, 0.25) is 0 Å². The Morgan fingerprint density at radius 3 is 2.89 bits per heavy atom. The molecule has 1 aromatic carbocycles. The van der Waals surface area contributed by atoms with Crippen LogP contribution in [0.5, 0.6) is 0 Å². The van der Waals surface area contributed by atoms with E-state index in [4.69, 9.17) is 10.4 Å². The minimum Gasteiger partial charge on any atom is -0.481 e. The highest BCUT2D eigenvalue weighted by Gasteiger charge is 2.34.